The standard InChI is InChI=1S/C20H25NO5S2/c1-7-25-19(23)15-12(5)16(20(24)26-8-10(2)3)28-18(15)21-17(22)14-9-27-13(6)11(14)4/h9-10H,7-8H2,1-6H3,(H,21,22). The minimum Gasteiger partial charge on any atom is -0.462 e. The van der Waals surface area contributed by atoms with Gasteiger partial charge in [0.05, 0.1) is 24.3 Å². The van der Waals surface area contributed by atoms with Gasteiger partial charge in [0.2, 0.25) is 0 Å². The van der Waals surface area contributed by atoms with Gasteiger partial charge in [0, 0.05) is 10.3 Å². The molecule has 0 saturated carbocycles. The highest BCUT2D eigenvalue weighted by molar-refractivity contribution is 7.18. The van der Waals surface area contributed by atoms with Gasteiger partial charge in [-0.1, -0.05) is 13.8 Å². The zero-order chi connectivity index (χ0) is 21.0. The number of carbonyl (C=O) groups excluding carboxylic acids is 3. The lowest BCUT2D eigenvalue weighted by Gasteiger charge is -2.07. The highest BCUT2D eigenvalue weighted by Gasteiger charge is 2.28. The van der Waals surface area contributed by atoms with E-state index < -0.39 is 11.9 Å². The Kier molecular flexibility index (Phi) is 7.37. The van der Waals surface area contributed by atoms with Crippen molar-refractivity contribution in [2.75, 3.05) is 18.5 Å². The number of amides is 1. The molecule has 0 aliphatic carbocycles. The van der Waals surface area contributed by atoms with Crippen molar-refractivity contribution in [1.29, 1.82) is 0 Å². The van der Waals surface area contributed by atoms with Gasteiger partial charge in [-0.05, 0) is 44.7 Å². The van der Waals surface area contributed by atoms with Crippen LogP contribution in [-0.4, -0.2) is 31.1 Å². The Morgan fingerprint density at radius 2 is 1.75 bits per heavy atom. The summed E-state index contributed by atoms with van der Waals surface area (Å²) in [7, 11) is 0. The molecule has 0 aromatic carbocycles. The van der Waals surface area contributed by atoms with Crippen molar-refractivity contribution in [1.82, 2.24) is 0 Å². The Morgan fingerprint density at radius 3 is 2.29 bits per heavy atom. The van der Waals surface area contributed by atoms with Gasteiger partial charge in [-0.2, -0.15) is 0 Å². The van der Waals surface area contributed by atoms with Crippen LogP contribution in [0.3, 0.4) is 0 Å². The molecule has 2 aromatic heterocycles. The molecule has 0 radical (unpaired) electrons. The fraction of sp³-hybridized carbons (Fsp3) is 0.450. The van der Waals surface area contributed by atoms with Crippen molar-refractivity contribution in [2.24, 2.45) is 5.92 Å². The second-order valence-corrected chi connectivity index (χ2v) is 8.86. The zero-order valence-corrected chi connectivity index (χ0v) is 18.6. The van der Waals surface area contributed by atoms with Crippen molar-refractivity contribution in [3.8, 4) is 0 Å². The van der Waals surface area contributed by atoms with Gasteiger partial charge < -0.3 is 14.8 Å². The van der Waals surface area contributed by atoms with E-state index in [1.165, 1.54) is 11.3 Å². The average molecular weight is 424 g/mol. The molecule has 0 saturated heterocycles. The van der Waals surface area contributed by atoms with Gasteiger partial charge >= 0.3 is 11.9 Å². The van der Waals surface area contributed by atoms with Crippen molar-refractivity contribution in [3.63, 3.8) is 0 Å². The predicted molar refractivity (Wildman–Crippen MR) is 112 cm³/mol. The summed E-state index contributed by atoms with van der Waals surface area (Å²) >= 11 is 2.52. The van der Waals surface area contributed by atoms with Crippen molar-refractivity contribution >= 4 is 45.5 Å². The lowest BCUT2D eigenvalue weighted by molar-refractivity contribution is 0.0464. The third-order valence-electron chi connectivity index (χ3n) is 4.12. The first-order valence-corrected chi connectivity index (χ1v) is 10.7. The first-order chi connectivity index (χ1) is 13.2. The van der Waals surface area contributed by atoms with E-state index in [0.29, 0.717) is 16.1 Å². The van der Waals surface area contributed by atoms with E-state index in [-0.39, 0.29) is 35.5 Å². The zero-order valence-electron chi connectivity index (χ0n) is 16.9. The van der Waals surface area contributed by atoms with E-state index in [1.54, 1.807) is 19.2 Å². The summed E-state index contributed by atoms with van der Waals surface area (Å²) < 4.78 is 10.4. The Balaban J connectivity index is 2.39. The average Bonchev–Trinajstić information content (AvgIpc) is 3.13. The van der Waals surface area contributed by atoms with Gasteiger partial charge in [-0.3, -0.25) is 4.79 Å². The summed E-state index contributed by atoms with van der Waals surface area (Å²) in [4.78, 5) is 39.0. The molecule has 0 spiro atoms. The number of anilines is 1. The molecule has 0 aliphatic heterocycles. The molecule has 2 rings (SSSR count). The first kappa shape index (κ1) is 22.1. The van der Waals surface area contributed by atoms with E-state index in [4.69, 9.17) is 9.47 Å². The van der Waals surface area contributed by atoms with Crippen LogP contribution in [0.4, 0.5) is 5.00 Å². The number of esters is 2. The first-order valence-electron chi connectivity index (χ1n) is 9.00. The summed E-state index contributed by atoms with van der Waals surface area (Å²) in [6.07, 6.45) is 0. The van der Waals surface area contributed by atoms with Crippen LogP contribution < -0.4 is 5.32 Å². The molecular weight excluding hydrogens is 398 g/mol. The fourth-order valence-corrected chi connectivity index (χ4v) is 4.41. The molecule has 0 unspecified atom stereocenters. The van der Waals surface area contributed by atoms with E-state index in [9.17, 15) is 14.4 Å². The number of rotatable bonds is 7. The summed E-state index contributed by atoms with van der Waals surface area (Å²) in [5.41, 5.74) is 2.09. The lowest BCUT2D eigenvalue weighted by atomic mass is 10.1. The predicted octanol–water partition coefficient (Wildman–Crippen LogP) is 4.98. The van der Waals surface area contributed by atoms with Gasteiger partial charge in [0.1, 0.15) is 9.88 Å². The number of carbonyl (C=O) groups is 3. The second-order valence-electron chi connectivity index (χ2n) is 6.76. The van der Waals surface area contributed by atoms with Crippen LogP contribution in [0, 0.1) is 26.7 Å². The molecule has 1 N–H and O–H groups in total. The minimum atomic E-state index is -0.576. The van der Waals surface area contributed by atoms with Crippen LogP contribution in [0.5, 0.6) is 0 Å². The van der Waals surface area contributed by atoms with E-state index in [0.717, 1.165) is 21.8 Å². The number of nitrogens with one attached hydrogen (secondary N) is 1. The van der Waals surface area contributed by atoms with Gasteiger partial charge in [0.15, 0.2) is 0 Å². The Morgan fingerprint density at radius 1 is 1.07 bits per heavy atom. The number of ether oxygens (including phenoxy) is 2. The Labute approximate surface area is 172 Å². The van der Waals surface area contributed by atoms with Gasteiger partial charge in [-0.15, -0.1) is 22.7 Å². The molecule has 6 nitrogen and oxygen atoms in total. The minimum absolute atomic E-state index is 0.192. The highest BCUT2D eigenvalue weighted by atomic mass is 32.1. The third-order valence-corrected chi connectivity index (χ3v) is 6.32. The SMILES string of the molecule is CCOC(=O)c1c(NC(=O)c2csc(C)c2C)sc(C(=O)OCC(C)C)c1C. The molecule has 28 heavy (non-hydrogen) atoms. The number of hydrogen-bond acceptors (Lipinski definition) is 7. The number of aryl methyl sites for hydroxylation is 1. The summed E-state index contributed by atoms with van der Waals surface area (Å²) in [5.74, 6) is -1.22. The smallest absolute Gasteiger partial charge is 0.348 e. The molecule has 2 heterocycles. The van der Waals surface area contributed by atoms with Gasteiger partial charge in [-0.25, -0.2) is 9.59 Å². The Bertz CT molecular complexity index is 895. The number of hydrogen-bond donors (Lipinski definition) is 1. The van der Waals surface area contributed by atoms with E-state index >= 15 is 0 Å². The maximum absolute atomic E-state index is 12.7. The largest absolute Gasteiger partial charge is 0.462 e. The molecule has 0 atom stereocenters. The second kappa shape index (κ2) is 9.34. The summed E-state index contributed by atoms with van der Waals surface area (Å²) in [6.45, 7) is 11.5. The molecule has 0 bridgehead atoms. The maximum atomic E-state index is 12.7. The van der Waals surface area contributed by atoms with E-state index in [1.807, 2.05) is 27.7 Å². The van der Waals surface area contributed by atoms with Crippen LogP contribution in [-0.2, 0) is 9.47 Å². The summed E-state index contributed by atoms with van der Waals surface area (Å²) in [5, 5.41) is 4.85. The third kappa shape index (κ3) is 4.80. The van der Waals surface area contributed by atoms with E-state index in [2.05, 4.69) is 5.32 Å². The van der Waals surface area contributed by atoms with Crippen molar-refractivity contribution in [2.45, 2.75) is 41.5 Å². The maximum Gasteiger partial charge on any atom is 0.348 e. The monoisotopic (exact) mass is 423 g/mol. The van der Waals surface area contributed by atoms with Crippen molar-refractivity contribution in [3.05, 3.63) is 37.4 Å². The van der Waals surface area contributed by atoms with Crippen LogP contribution in [0.2, 0.25) is 0 Å². The molecule has 8 heteroatoms. The van der Waals surface area contributed by atoms with Crippen molar-refractivity contribution < 1.29 is 23.9 Å². The van der Waals surface area contributed by atoms with Crippen LogP contribution in [0.1, 0.15) is 67.2 Å². The van der Waals surface area contributed by atoms with Crippen LogP contribution in [0.25, 0.3) is 0 Å². The molecule has 1 amide bonds. The van der Waals surface area contributed by atoms with Crippen LogP contribution in [0.15, 0.2) is 5.38 Å². The number of thiophene rings is 2. The molecule has 2 aromatic rings. The normalized spacial score (nSPS) is 10.8. The molecule has 0 fully saturated rings. The molecule has 152 valence electrons. The molecule has 0 aliphatic rings. The topological polar surface area (TPSA) is 81.7 Å². The van der Waals surface area contributed by atoms with Gasteiger partial charge in [0.25, 0.3) is 5.91 Å². The highest BCUT2D eigenvalue weighted by Crippen LogP contribution is 2.35. The molecular formula is C20H25NO5S2. The fourth-order valence-electron chi connectivity index (χ4n) is 2.46. The van der Waals surface area contributed by atoms with Crippen LogP contribution >= 0.6 is 22.7 Å². The Hall–Kier alpha value is -2.19. The lowest BCUT2D eigenvalue weighted by Crippen LogP contribution is -2.15. The summed E-state index contributed by atoms with van der Waals surface area (Å²) in [6, 6.07) is 0. The quantitative estimate of drug-likeness (QED) is 0.636.